The van der Waals surface area contributed by atoms with Gasteiger partial charge in [0, 0.05) is 67.6 Å². The van der Waals surface area contributed by atoms with Crippen molar-refractivity contribution in [2.75, 3.05) is 34.0 Å². The van der Waals surface area contributed by atoms with Gasteiger partial charge in [0.1, 0.15) is 17.2 Å². The molecule has 628 valence electrons. The van der Waals surface area contributed by atoms with Crippen LogP contribution in [-0.4, -0.2) is 122 Å². The highest BCUT2D eigenvalue weighted by Gasteiger charge is 2.53. The third-order valence-electron chi connectivity index (χ3n) is 19.9. The van der Waals surface area contributed by atoms with Gasteiger partial charge in [0.25, 0.3) is 0 Å². The number of aliphatic carboxylic acids is 1. The minimum absolute atomic E-state index is 0.128. The van der Waals surface area contributed by atoms with E-state index in [0.717, 1.165) is 92.6 Å². The monoisotopic (exact) mass is 1630 g/mol. The quantitative estimate of drug-likeness (QED) is 0.0573. The summed E-state index contributed by atoms with van der Waals surface area (Å²) in [4.78, 5) is 38.0. The molecule has 1 fully saturated rings. The Labute approximate surface area is 675 Å². The molecule has 3 aromatic heterocycles. The molecular formula is C87H100BF9N6O14. The van der Waals surface area contributed by atoms with Crippen molar-refractivity contribution in [1.29, 1.82) is 0 Å². The number of halogens is 9. The maximum atomic E-state index is 14.5. The summed E-state index contributed by atoms with van der Waals surface area (Å²) in [6.07, 6.45) is -9.36. The van der Waals surface area contributed by atoms with E-state index < -0.39 is 93.8 Å². The predicted octanol–water partition coefficient (Wildman–Crippen LogP) is 18.9. The van der Waals surface area contributed by atoms with Crippen molar-refractivity contribution < 1.29 is 106 Å². The van der Waals surface area contributed by atoms with Crippen LogP contribution in [0.5, 0.6) is 17.2 Å². The Balaban J connectivity index is 0.000000170. The first-order valence-electron chi connectivity index (χ1n) is 38.2. The zero-order chi connectivity index (χ0) is 86.0. The fourth-order valence-electron chi connectivity index (χ4n) is 14.1. The van der Waals surface area contributed by atoms with Crippen LogP contribution in [0.15, 0.2) is 128 Å². The van der Waals surface area contributed by atoms with Crippen LogP contribution in [0, 0.1) is 6.92 Å². The van der Waals surface area contributed by atoms with E-state index in [-0.39, 0.29) is 40.6 Å². The number of benzene rings is 6. The van der Waals surface area contributed by atoms with Gasteiger partial charge in [0.2, 0.25) is 0 Å². The van der Waals surface area contributed by atoms with Crippen LogP contribution in [-0.2, 0) is 106 Å². The van der Waals surface area contributed by atoms with Crippen LogP contribution >= 0.6 is 0 Å². The van der Waals surface area contributed by atoms with Gasteiger partial charge in [-0.3, -0.25) is 14.0 Å². The molecular weight excluding hydrogens is 1530 g/mol. The van der Waals surface area contributed by atoms with Gasteiger partial charge >= 0.3 is 43.6 Å². The number of aromatic nitrogens is 6. The minimum Gasteiger partial charge on any atom is -0.493 e. The summed E-state index contributed by atoms with van der Waals surface area (Å²) >= 11 is 0. The minimum atomic E-state index is -4.81. The number of alkyl halides is 9. The van der Waals surface area contributed by atoms with Crippen LogP contribution in [0.3, 0.4) is 0 Å². The smallest absolute Gasteiger partial charge is 0.493 e. The van der Waals surface area contributed by atoms with Crippen LogP contribution in [0.2, 0.25) is 0 Å². The highest BCUT2D eigenvalue weighted by Crippen LogP contribution is 2.51. The van der Waals surface area contributed by atoms with Crippen LogP contribution in [0.4, 0.5) is 39.5 Å². The molecule has 30 heteroatoms. The zero-order valence-corrected chi connectivity index (χ0v) is 69.1. The van der Waals surface area contributed by atoms with Crippen molar-refractivity contribution >= 4 is 30.6 Å². The van der Waals surface area contributed by atoms with Gasteiger partial charge < -0.3 is 52.3 Å². The molecule has 20 nitrogen and oxygen atoms in total. The number of carbonyl (C=O) groups is 3. The molecule has 117 heavy (non-hydrogen) atoms. The number of hydrogen-bond donors (Lipinski definition) is 1. The van der Waals surface area contributed by atoms with Gasteiger partial charge in [0.15, 0.2) is 18.3 Å². The van der Waals surface area contributed by atoms with Crippen molar-refractivity contribution in [3.8, 4) is 73.1 Å². The van der Waals surface area contributed by atoms with Gasteiger partial charge in [0.05, 0.1) is 95.7 Å². The Bertz CT molecular complexity index is 5070. The van der Waals surface area contributed by atoms with Gasteiger partial charge in [-0.2, -0.15) is 54.8 Å². The maximum absolute atomic E-state index is 14.5. The zero-order valence-electron chi connectivity index (χ0n) is 69.1. The number of carboxylic acid groups (broad SMARTS) is 1. The number of carboxylic acids is 1. The molecule has 0 amide bonds. The summed E-state index contributed by atoms with van der Waals surface area (Å²) < 4.78 is 190. The van der Waals surface area contributed by atoms with Crippen LogP contribution in [0.1, 0.15) is 183 Å². The summed E-state index contributed by atoms with van der Waals surface area (Å²) in [6, 6.07) is 28.1. The van der Waals surface area contributed by atoms with E-state index in [0.29, 0.717) is 88.1 Å². The van der Waals surface area contributed by atoms with Crippen molar-refractivity contribution in [3.63, 3.8) is 0 Å². The lowest BCUT2D eigenvalue weighted by atomic mass is 9.85. The van der Waals surface area contributed by atoms with E-state index in [1.54, 1.807) is 160 Å². The van der Waals surface area contributed by atoms with E-state index in [1.165, 1.54) is 22.9 Å². The molecule has 6 aromatic carbocycles. The number of ether oxygens (including phenoxy) is 8. The Morgan fingerprint density at radius 2 is 0.778 bits per heavy atom. The first-order valence-corrected chi connectivity index (χ1v) is 38.2. The van der Waals surface area contributed by atoms with E-state index in [9.17, 15) is 59.0 Å². The van der Waals surface area contributed by atoms with E-state index in [1.807, 2.05) is 59.1 Å². The van der Waals surface area contributed by atoms with E-state index >= 15 is 0 Å². The highest BCUT2D eigenvalue weighted by molar-refractivity contribution is 6.61. The highest BCUT2D eigenvalue weighted by atomic mass is 19.4. The largest absolute Gasteiger partial charge is 0.516 e. The number of carbonyl (C=O) groups excluding carboxylic acids is 2. The molecule has 1 N–H and O–H groups in total. The van der Waals surface area contributed by atoms with Crippen molar-refractivity contribution in [3.05, 3.63) is 183 Å². The third-order valence-corrected chi connectivity index (χ3v) is 19.9. The summed E-state index contributed by atoms with van der Waals surface area (Å²) in [5.74, 6) is -1.20. The molecule has 0 bridgehead atoms. The number of fused-ring (bicyclic) bond motifs is 3. The topological polar surface area (TPSA) is 217 Å². The Morgan fingerprint density at radius 1 is 0.453 bits per heavy atom. The standard InChI is InChI=1S/C27H29F3N2O4.C26H27F3N2O4.C24H27F3O4.C10H17BN2O2/c1-26(2,3)36-24(25(33)34-5)23-19(27(28,29)30)10-9-18(20-12-13-32(4)31-20)22(23)17-8-11-21-16(15-17)7-6-14-35-21;1-25(2,3)35-23(24(32)33)22-18(26(27,28)29)9-8-17(19-11-12-31(4)30-19)21(22)16-7-10-20-15(14-16)6-5-13-34-20;1-14-8-10-17(24(25,26)27)20(21(22(28)29-5)31-23(2,3)4)19(14)16-9-11-18-15(13-16)7-6-12-30-18;1-9(2)10(3,4)15-11(14-9)8-6-7-13(5)12-8/h8-13,15,24H,6-7,14H2,1-5H3;7-12,14,23H,5-6,13H2,1-4H3,(H,32,33);8-11,13,21H,6-7,12H2,1-5H3;6-7H,1-5H3. The van der Waals surface area contributed by atoms with E-state index in [4.69, 9.17) is 47.2 Å². The summed E-state index contributed by atoms with van der Waals surface area (Å²) in [5.41, 5.74) is 0.671. The molecule has 3 atom stereocenters. The first kappa shape index (κ1) is 89.3. The molecule has 0 radical (unpaired) electrons. The summed E-state index contributed by atoms with van der Waals surface area (Å²) in [5, 5.41) is 23.2. The first-order chi connectivity index (χ1) is 54.5. The summed E-state index contributed by atoms with van der Waals surface area (Å²) in [6.45, 7) is 26.5. The van der Waals surface area contributed by atoms with Gasteiger partial charge in [-0.25, -0.2) is 14.4 Å². The Morgan fingerprint density at radius 3 is 1.09 bits per heavy atom. The molecule has 9 aromatic rings. The van der Waals surface area contributed by atoms with Gasteiger partial charge in [-0.15, -0.1) is 0 Å². The molecule has 3 unspecified atom stereocenters. The lowest BCUT2D eigenvalue weighted by Gasteiger charge is -2.32. The Kier molecular flexibility index (Phi) is 26.6. The number of esters is 2. The third kappa shape index (κ3) is 21.3. The average molecular weight is 1640 g/mol. The second-order valence-corrected chi connectivity index (χ2v) is 32.9. The molecule has 0 aliphatic carbocycles. The molecule has 13 rings (SSSR count). The van der Waals surface area contributed by atoms with Crippen molar-refractivity contribution in [2.24, 2.45) is 21.1 Å². The van der Waals surface area contributed by atoms with Gasteiger partial charge in [-0.1, -0.05) is 36.4 Å². The molecule has 1 saturated heterocycles. The number of aryl methyl sites for hydroxylation is 7. The lowest BCUT2D eigenvalue weighted by Crippen LogP contribution is -2.41. The molecule has 4 aliphatic heterocycles. The van der Waals surface area contributed by atoms with Crippen LogP contribution in [0.25, 0.3) is 55.9 Å². The fraction of sp³-hybridized carbons (Fsp3) is 0.448. The maximum Gasteiger partial charge on any atom is 0.516 e. The number of hydrogen-bond acceptors (Lipinski definition) is 16. The second kappa shape index (κ2) is 34.9. The average Bonchev–Trinajstić information content (AvgIpc) is 1.67. The second-order valence-electron chi connectivity index (χ2n) is 32.9. The molecule has 0 spiro atoms. The van der Waals surface area contributed by atoms with Crippen molar-refractivity contribution in [2.45, 2.75) is 200 Å². The molecule has 7 heterocycles. The lowest BCUT2D eigenvalue weighted by molar-refractivity contribution is -0.167. The summed E-state index contributed by atoms with van der Waals surface area (Å²) in [7, 11) is 7.23. The Hall–Kier alpha value is -10.0. The van der Waals surface area contributed by atoms with Crippen molar-refractivity contribution in [1.82, 2.24) is 29.3 Å². The van der Waals surface area contributed by atoms with Crippen LogP contribution < -0.4 is 19.8 Å². The predicted molar refractivity (Wildman–Crippen MR) is 423 cm³/mol. The normalized spacial score (nSPS) is 15.9. The number of methoxy groups -OCH3 is 2. The number of rotatable bonds is 15. The SMILES string of the molecule is COC(=O)C(OC(C)(C)C)c1c(C(F)(F)F)ccc(-c2ccn(C)n2)c1-c1ccc2c(c1)CCCO2.COC(=O)C(OC(C)(C)C)c1c(C(F)(F)F)ccc(C)c1-c1ccc2c(c1)CCCO2.Cn1ccc(-c2ccc(C(F)(F)F)c(C(OC(C)(C)C)C(=O)O)c2-c2ccc3c(c2)CCCO3)n1.Cn1ccc(B2OC(C)(C)C(C)(C)O2)n1. The molecule has 4 aliphatic rings. The molecule has 0 saturated carbocycles. The van der Waals surface area contributed by atoms with Gasteiger partial charge in [-0.05, 0) is 264 Å². The number of nitrogens with zero attached hydrogens (tertiary/aromatic N) is 6. The van der Waals surface area contributed by atoms with E-state index in [2.05, 4.69) is 15.3 Å². The fourth-order valence-corrected chi connectivity index (χ4v) is 14.1.